The summed E-state index contributed by atoms with van der Waals surface area (Å²) in [5, 5.41) is 71.9. The van der Waals surface area contributed by atoms with Gasteiger partial charge < -0.3 is 64.2 Å². The molecular formula is C48H86O15. The van der Waals surface area contributed by atoms with Crippen LogP contribution in [0.2, 0.25) is 0 Å². The molecule has 11 atom stereocenters. The number of allylic oxidation sites excluding steroid dienone is 4. The van der Waals surface area contributed by atoms with Crippen molar-refractivity contribution in [2.45, 2.75) is 242 Å². The first-order valence-electron chi connectivity index (χ1n) is 24.4. The lowest BCUT2D eigenvalue weighted by molar-refractivity contribution is -0.332. The SMILES string of the molecule is CCCCCC/C=C\CCCCCCCC(=O)OCC(COC1OC(COC2OC(CO)C(O)C(O)C2O)C(O)C(O)C1O)OC(=O)CCCCCCC/C=C\CCCCCCC. The number of ether oxygens (including phenoxy) is 6. The van der Waals surface area contributed by atoms with Crippen LogP contribution < -0.4 is 0 Å². The molecule has 0 amide bonds. The highest BCUT2D eigenvalue weighted by molar-refractivity contribution is 5.70. The molecule has 0 aliphatic carbocycles. The lowest BCUT2D eigenvalue weighted by Crippen LogP contribution is -2.61. The predicted octanol–water partition coefficient (Wildman–Crippen LogP) is 5.99. The first kappa shape index (κ1) is 57.1. The van der Waals surface area contributed by atoms with Gasteiger partial charge in [-0.2, -0.15) is 0 Å². The Bertz CT molecular complexity index is 1200. The maximum Gasteiger partial charge on any atom is 0.306 e. The molecule has 15 heteroatoms. The molecule has 11 unspecified atom stereocenters. The van der Waals surface area contributed by atoms with E-state index in [9.17, 15) is 45.3 Å². The van der Waals surface area contributed by atoms with Crippen LogP contribution in [0.25, 0.3) is 0 Å². The average Bonchev–Trinajstić information content (AvgIpc) is 3.28. The van der Waals surface area contributed by atoms with E-state index in [1.165, 1.54) is 57.8 Å². The average molecular weight is 903 g/mol. The third-order valence-electron chi connectivity index (χ3n) is 11.7. The standard InChI is InChI=1S/C48H86O15/c1-3-5-7-9-11-13-15-17-19-21-23-25-27-29-31-40(51)61-36(33-58-39(50)30-28-26-24-22-20-18-16-14-12-10-8-6-4-2)34-59-47-46(57)44(55)42(53)38(63-47)35-60-48-45(56)43(54)41(52)37(32-49)62-48/h14-17,36-38,41-49,52-57H,3-13,18-35H2,1-2H3/b16-14-,17-15-. The summed E-state index contributed by atoms with van der Waals surface area (Å²) in [5.74, 6) is -0.944. The van der Waals surface area contributed by atoms with Crippen LogP contribution in [-0.4, -0.2) is 142 Å². The number of aliphatic hydroxyl groups excluding tert-OH is 7. The second kappa shape index (κ2) is 36.1. The van der Waals surface area contributed by atoms with Crippen LogP contribution in [0.1, 0.15) is 174 Å². The van der Waals surface area contributed by atoms with Gasteiger partial charge in [0.1, 0.15) is 55.4 Å². The molecule has 2 aliphatic rings. The van der Waals surface area contributed by atoms with E-state index in [-0.39, 0.29) is 26.1 Å². The summed E-state index contributed by atoms with van der Waals surface area (Å²) in [6.45, 7) is 2.54. The van der Waals surface area contributed by atoms with Crippen molar-refractivity contribution in [1.82, 2.24) is 0 Å². The van der Waals surface area contributed by atoms with Crippen LogP contribution in [0, 0.1) is 0 Å². The Morgan fingerprint density at radius 2 is 0.905 bits per heavy atom. The van der Waals surface area contributed by atoms with Crippen LogP contribution in [0.5, 0.6) is 0 Å². The number of hydrogen-bond donors (Lipinski definition) is 7. The molecule has 2 rings (SSSR count). The van der Waals surface area contributed by atoms with Crippen LogP contribution in [0.4, 0.5) is 0 Å². The molecule has 0 aromatic carbocycles. The summed E-state index contributed by atoms with van der Waals surface area (Å²) in [6.07, 6.45) is 17.8. The monoisotopic (exact) mass is 903 g/mol. The molecule has 2 aliphatic heterocycles. The number of aliphatic hydroxyl groups is 7. The third kappa shape index (κ3) is 24.9. The van der Waals surface area contributed by atoms with Crippen molar-refractivity contribution < 1.29 is 73.8 Å². The van der Waals surface area contributed by atoms with E-state index in [1.54, 1.807) is 0 Å². The van der Waals surface area contributed by atoms with E-state index >= 15 is 0 Å². The lowest BCUT2D eigenvalue weighted by atomic mass is 9.98. The van der Waals surface area contributed by atoms with Crippen molar-refractivity contribution in [3.8, 4) is 0 Å². The third-order valence-corrected chi connectivity index (χ3v) is 11.7. The van der Waals surface area contributed by atoms with Gasteiger partial charge in [0.25, 0.3) is 0 Å². The molecule has 0 aromatic rings. The zero-order valence-electron chi connectivity index (χ0n) is 38.6. The van der Waals surface area contributed by atoms with Gasteiger partial charge in [-0.1, -0.05) is 122 Å². The van der Waals surface area contributed by atoms with Gasteiger partial charge in [0.05, 0.1) is 19.8 Å². The number of unbranched alkanes of at least 4 members (excludes halogenated alkanes) is 19. The molecule has 0 aromatic heterocycles. The molecule has 0 spiro atoms. The molecule has 2 heterocycles. The number of esters is 2. The summed E-state index contributed by atoms with van der Waals surface area (Å²) >= 11 is 0. The zero-order chi connectivity index (χ0) is 46.1. The quantitative estimate of drug-likeness (QED) is 0.0216. The minimum atomic E-state index is -1.76. The summed E-state index contributed by atoms with van der Waals surface area (Å²) in [4.78, 5) is 25.7. The molecule has 368 valence electrons. The summed E-state index contributed by atoms with van der Waals surface area (Å²) in [6, 6.07) is 0. The van der Waals surface area contributed by atoms with E-state index in [0.717, 1.165) is 77.0 Å². The Labute approximate surface area is 377 Å². The maximum absolute atomic E-state index is 13.0. The number of carbonyl (C=O) groups is 2. The van der Waals surface area contributed by atoms with E-state index in [1.807, 2.05) is 0 Å². The summed E-state index contributed by atoms with van der Waals surface area (Å²) in [7, 11) is 0. The van der Waals surface area contributed by atoms with Gasteiger partial charge in [-0.25, -0.2) is 0 Å². The Balaban J connectivity index is 1.84. The first-order valence-corrected chi connectivity index (χ1v) is 24.4. The van der Waals surface area contributed by atoms with Gasteiger partial charge >= 0.3 is 11.9 Å². The fraction of sp³-hybridized carbons (Fsp3) is 0.875. The largest absolute Gasteiger partial charge is 0.462 e. The molecule has 15 nitrogen and oxygen atoms in total. The van der Waals surface area contributed by atoms with Crippen molar-refractivity contribution in [2.24, 2.45) is 0 Å². The van der Waals surface area contributed by atoms with Gasteiger partial charge in [0.2, 0.25) is 0 Å². The molecule has 2 fully saturated rings. The van der Waals surface area contributed by atoms with Gasteiger partial charge in [0.15, 0.2) is 18.7 Å². The normalized spacial score (nSPS) is 27.0. The number of hydrogen-bond acceptors (Lipinski definition) is 15. The minimum Gasteiger partial charge on any atom is -0.462 e. The fourth-order valence-corrected chi connectivity index (χ4v) is 7.56. The van der Waals surface area contributed by atoms with Gasteiger partial charge in [-0.15, -0.1) is 0 Å². The van der Waals surface area contributed by atoms with Crippen LogP contribution >= 0.6 is 0 Å². The molecule has 63 heavy (non-hydrogen) atoms. The minimum absolute atomic E-state index is 0.155. The van der Waals surface area contributed by atoms with E-state index in [4.69, 9.17) is 28.4 Å². The number of rotatable bonds is 37. The second-order valence-electron chi connectivity index (χ2n) is 17.3. The topological polar surface area (TPSA) is 231 Å². The highest BCUT2D eigenvalue weighted by Crippen LogP contribution is 2.26. The Morgan fingerprint density at radius 1 is 0.492 bits per heavy atom. The van der Waals surface area contributed by atoms with Crippen LogP contribution in [0.3, 0.4) is 0 Å². The Morgan fingerprint density at radius 3 is 1.41 bits per heavy atom. The van der Waals surface area contributed by atoms with Crippen molar-refractivity contribution in [3.63, 3.8) is 0 Å². The second-order valence-corrected chi connectivity index (χ2v) is 17.3. The summed E-state index contributed by atoms with van der Waals surface area (Å²) < 4.78 is 33.5. The maximum atomic E-state index is 13.0. The predicted molar refractivity (Wildman–Crippen MR) is 238 cm³/mol. The molecule has 0 saturated carbocycles. The van der Waals surface area contributed by atoms with E-state index in [0.29, 0.717) is 12.8 Å². The molecule has 0 bridgehead atoms. The van der Waals surface area contributed by atoms with E-state index in [2.05, 4.69) is 38.2 Å². The Kier molecular flexibility index (Phi) is 32.8. The van der Waals surface area contributed by atoms with Crippen molar-refractivity contribution in [2.75, 3.05) is 26.4 Å². The van der Waals surface area contributed by atoms with Crippen molar-refractivity contribution in [1.29, 1.82) is 0 Å². The molecule has 7 N–H and O–H groups in total. The van der Waals surface area contributed by atoms with Crippen LogP contribution in [-0.2, 0) is 38.0 Å². The molecule has 0 radical (unpaired) electrons. The smallest absolute Gasteiger partial charge is 0.306 e. The van der Waals surface area contributed by atoms with E-state index < -0.39 is 92.7 Å². The van der Waals surface area contributed by atoms with Crippen LogP contribution in [0.15, 0.2) is 24.3 Å². The van der Waals surface area contributed by atoms with Gasteiger partial charge in [0, 0.05) is 12.8 Å². The fourth-order valence-electron chi connectivity index (χ4n) is 7.56. The Hall–Kier alpha value is -2.02. The zero-order valence-corrected chi connectivity index (χ0v) is 38.6. The van der Waals surface area contributed by atoms with Gasteiger partial charge in [-0.05, 0) is 64.2 Å². The summed E-state index contributed by atoms with van der Waals surface area (Å²) in [5.41, 5.74) is 0. The van der Waals surface area contributed by atoms with Gasteiger partial charge in [-0.3, -0.25) is 9.59 Å². The highest BCUT2D eigenvalue weighted by Gasteiger charge is 2.47. The lowest BCUT2D eigenvalue weighted by Gasteiger charge is -2.42. The number of carbonyl (C=O) groups excluding carboxylic acids is 2. The highest BCUT2D eigenvalue weighted by atomic mass is 16.7. The first-order chi connectivity index (χ1) is 30.5. The van der Waals surface area contributed by atoms with Crippen molar-refractivity contribution >= 4 is 11.9 Å². The van der Waals surface area contributed by atoms with Crippen molar-refractivity contribution in [3.05, 3.63) is 24.3 Å². The molecular weight excluding hydrogens is 817 g/mol. The molecule has 2 saturated heterocycles.